The lowest BCUT2D eigenvalue weighted by Crippen LogP contribution is -2.08. The van der Waals surface area contributed by atoms with Crippen LogP contribution in [0.1, 0.15) is 31.9 Å². The number of hydrogen-bond acceptors (Lipinski definition) is 3. The van der Waals surface area contributed by atoms with Gasteiger partial charge in [-0.05, 0) is 19.3 Å². The van der Waals surface area contributed by atoms with Gasteiger partial charge < -0.3 is 5.32 Å². The number of alkyl halides is 1. The molecule has 3 nitrogen and oxygen atoms in total. The van der Waals surface area contributed by atoms with Crippen LogP contribution in [0.3, 0.4) is 0 Å². The molecule has 0 aliphatic carbocycles. The standard InChI is InChI=1S/C11H17ClFN3/c1-2-9-10(13)11(16-8-15-9)14-7-5-3-4-6-12/h8H,2-7H2,1H3,(H,14,15,16). The maximum Gasteiger partial charge on any atom is 0.186 e. The van der Waals surface area contributed by atoms with Crippen LogP contribution >= 0.6 is 11.6 Å². The summed E-state index contributed by atoms with van der Waals surface area (Å²) in [5, 5.41) is 2.98. The molecule has 1 heterocycles. The van der Waals surface area contributed by atoms with E-state index in [1.165, 1.54) is 6.33 Å². The highest BCUT2D eigenvalue weighted by molar-refractivity contribution is 6.17. The summed E-state index contributed by atoms with van der Waals surface area (Å²) in [6.07, 6.45) is 4.98. The van der Waals surface area contributed by atoms with Crippen LogP contribution in [0.15, 0.2) is 6.33 Å². The molecule has 1 rings (SSSR count). The van der Waals surface area contributed by atoms with Gasteiger partial charge in [-0.1, -0.05) is 13.3 Å². The highest BCUT2D eigenvalue weighted by atomic mass is 35.5. The van der Waals surface area contributed by atoms with Gasteiger partial charge in [0.2, 0.25) is 0 Å². The summed E-state index contributed by atoms with van der Waals surface area (Å²) >= 11 is 5.56. The van der Waals surface area contributed by atoms with Gasteiger partial charge >= 0.3 is 0 Å². The van der Waals surface area contributed by atoms with E-state index in [4.69, 9.17) is 11.6 Å². The van der Waals surface area contributed by atoms with Crippen LogP contribution in [0.25, 0.3) is 0 Å². The van der Waals surface area contributed by atoms with Crippen molar-refractivity contribution in [3.05, 3.63) is 17.8 Å². The van der Waals surface area contributed by atoms with Crippen molar-refractivity contribution in [2.75, 3.05) is 17.7 Å². The molecular formula is C11H17ClFN3. The van der Waals surface area contributed by atoms with Gasteiger partial charge in [0.05, 0.1) is 5.69 Å². The topological polar surface area (TPSA) is 37.8 Å². The molecule has 0 aliphatic heterocycles. The zero-order chi connectivity index (χ0) is 11.8. The van der Waals surface area contributed by atoms with E-state index in [1.54, 1.807) is 0 Å². The summed E-state index contributed by atoms with van der Waals surface area (Å²) in [7, 11) is 0. The van der Waals surface area contributed by atoms with Gasteiger partial charge in [0, 0.05) is 12.4 Å². The molecule has 0 amide bonds. The Balaban J connectivity index is 2.41. The molecule has 0 bridgehead atoms. The van der Waals surface area contributed by atoms with Gasteiger partial charge in [-0.3, -0.25) is 0 Å². The third kappa shape index (κ3) is 3.93. The molecule has 90 valence electrons. The lowest BCUT2D eigenvalue weighted by molar-refractivity contribution is 0.595. The summed E-state index contributed by atoms with van der Waals surface area (Å²) in [4.78, 5) is 7.75. The van der Waals surface area contributed by atoms with Crippen molar-refractivity contribution in [2.45, 2.75) is 32.6 Å². The highest BCUT2D eigenvalue weighted by Crippen LogP contribution is 2.13. The number of aromatic nitrogens is 2. The number of anilines is 1. The molecular weight excluding hydrogens is 229 g/mol. The Morgan fingerprint density at radius 2 is 2.12 bits per heavy atom. The number of hydrogen-bond donors (Lipinski definition) is 1. The fraction of sp³-hybridized carbons (Fsp3) is 0.636. The van der Waals surface area contributed by atoms with Crippen LogP contribution < -0.4 is 5.32 Å². The van der Waals surface area contributed by atoms with Crippen molar-refractivity contribution in [1.29, 1.82) is 0 Å². The summed E-state index contributed by atoms with van der Waals surface area (Å²) in [6, 6.07) is 0. The molecule has 1 N–H and O–H groups in total. The average molecular weight is 246 g/mol. The van der Waals surface area contributed by atoms with E-state index >= 15 is 0 Å². The number of halogens is 2. The monoisotopic (exact) mass is 245 g/mol. The molecule has 1 aromatic heterocycles. The molecule has 0 aliphatic rings. The lowest BCUT2D eigenvalue weighted by Gasteiger charge is -2.07. The van der Waals surface area contributed by atoms with Crippen LogP contribution in [0.2, 0.25) is 0 Å². The van der Waals surface area contributed by atoms with E-state index in [-0.39, 0.29) is 5.82 Å². The minimum Gasteiger partial charge on any atom is -0.368 e. The molecule has 0 saturated carbocycles. The molecule has 0 fully saturated rings. The largest absolute Gasteiger partial charge is 0.368 e. The smallest absolute Gasteiger partial charge is 0.186 e. The molecule has 5 heteroatoms. The highest BCUT2D eigenvalue weighted by Gasteiger charge is 2.08. The molecule has 0 saturated heterocycles. The van der Waals surface area contributed by atoms with Crippen molar-refractivity contribution in [3.63, 3.8) is 0 Å². The Morgan fingerprint density at radius 1 is 1.31 bits per heavy atom. The van der Waals surface area contributed by atoms with Crippen LogP contribution in [-0.2, 0) is 6.42 Å². The fourth-order valence-electron chi connectivity index (χ4n) is 1.38. The predicted octanol–water partition coefficient (Wildman–Crippen LogP) is 3.00. The second-order valence-corrected chi connectivity index (χ2v) is 3.89. The zero-order valence-corrected chi connectivity index (χ0v) is 10.2. The first-order valence-corrected chi connectivity index (χ1v) is 6.12. The summed E-state index contributed by atoms with van der Waals surface area (Å²) in [6.45, 7) is 2.59. The number of nitrogens with one attached hydrogen (secondary N) is 1. The minimum absolute atomic E-state index is 0.303. The van der Waals surface area contributed by atoms with Crippen molar-refractivity contribution in [2.24, 2.45) is 0 Å². The van der Waals surface area contributed by atoms with Crippen LogP contribution in [0.4, 0.5) is 10.2 Å². The van der Waals surface area contributed by atoms with Gasteiger partial charge in [-0.15, -0.1) is 11.6 Å². The Hall–Kier alpha value is -0.900. The van der Waals surface area contributed by atoms with Crippen molar-refractivity contribution < 1.29 is 4.39 Å². The maximum atomic E-state index is 13.6. The first kappa shape index (κ1) is 13.2. The van der Waals surface area contributed by atoms with E-state index < -0.39 is 0 Å². The minimum atomic E-state index is -0.331. The molecule has 0 unspecified atom stereocenters. The molecule has 1 aromatic rings. The van der Waals surface area contributed by atoms with E-state index in [9.17, 15) is 4.39 Å². The lowest BCUT2D eigenvalue weighted by atomic mass is 10.2. The first-order chi connectivity index (χ1) is 7.79. The maximum absolute atomic E-state index is 13.6. The molecule has 0 spiro atoms. The molecule has 0 atom stereocenters. The Labute approximate surface area is 100 Å². The fourth-order valence-corrected chi connectivity index (χ4v) is 1.57. The second-order valence-electron chi connectivity index (χ2n) is 3.51. The van der Waals surface area contributed by atoms with Crippen LogP contribution in [-0.4, -0.2) is 22.4 Å². The average Bonchev–Trinajstić information content (AvgIpc) is 2.31. The van der Waals surface area contributed by atoms with Crippen molar-refractivity contribution in [3.8, 4) is 0 Å². The van der Waals surface area contributed by atoms with Gasteiger partial charge in [0.25, 0.3) is 0 Å². The normalized spacial score (nSPS) is 10.4. The Morgan fingerprint density at radius 3 is 2.81 bits per heavy atom. The van der Waals surface area contributed by atoms with Gasteiger partial charge in [-0.2, -0.15) is 0 Å². The van der Waals surface area contributed by atoms with Crippen molar-refractivity contribution in [1.82, 2.24) is 9.97 Å². The number of rotatable bonds is 7. The van der Waals surface area contributed by atoms with Gasteiger partial charge in [0.1, 0.15) is 6.33 Å². The summed E-state index contributed by atoms with van der Waals surface area (Å²) in [5.41, 5.74) is 0.457. The molecule has 0 aromatic carbocycles. The summed E-state index contributed by atoms with van der Waals surface area (Å²) < 4.78 is 13.6. The third-order valence-electron chi connectivity index (χ3n) is 2.30. The van der Waals surface area contributed by atoms with E-state index in [1.807, 2.05) is 6.92 Å². The SMILES string of the molecule is CCc1ncnc(NCCCCCCl)c1F. The third-order valence-corrected chi connectivity index (χ3v) is 2.57. The molecule has 16 heavy (non-hydrogen) atoms. The first-order valence-electron chi connectivity index (χ1n) is 5.58. The second kappa shape index (κ2) is 7.39. The van der Waals surface area contributed by atoms with Crippen LogP contribution in [0.5, 0.6) is 0 Å². The van der Waals surface area contributed by atoms with Gasteiger partial charge in [0.15, 0.2) is 11.6 Å². The number of aryl methyl sites for hydroxylation is 1. The van der Waals surface area contributed by atoms with E-state index in [0.29, 0.717) is 30.4 Å². The van der Waals surface area contributed by atoms with E-state index in [0.717, 1.165) is 19.3 Å². The Kier molecular flexibility index (Phi) is 6.08. The summed E-state index contributed by atoms with van der Waals surface area (Å²) in [5.74, 6) is 0.655. The van der Waals surface area contributed by atoms with E-state index in [2.05, 4.69) is 15.3 Å². The quantitative estimate of drug-likeness (QED) is 0.593. The van der Waals surface area contributed by atoms with Gasteiger partial charge in [-0.25, -0.2) is 14.4 Å². The zero-order valence-electron chi connectivity index (χ0n) is 9.47. The molecule has 0 radical (unpaired) electrons. The number of unbranched alkanes of at least 4 members (excludes halogenated alkanes) is 2. The van der Waals surface area contributed by atoms with Crippen LogP contribution in [0, 0.1) is 5.82 Å². The number of nitrogens with zero attached hydrogens (tertiary/aromatic N) is 2. The predicted molar refractivity (Wildman–Crippen MR) is 64.4 cm³/mol. The Bertz CT molecular complexity index is 320. The van der Waals surface area contributed by atoms with Crippen molar-refractivity contribution >= 4 is 17.4 Å².